The van der Waals surface area contributed by atoms with Gasteiger partial charge < -0.3 is 10.2 Å². The number of fused-ring (bicyclic) bond motifs is 1. The minimum atomic E-state index is -0.379. The molecule has 3 amide bonds. The zero-order valence-electron chi connectivity index (χ0n) is 15.4. The lowest BCUT2D eigenvalue weighted by Gasteiger charge is -2.19. The van der Waals surface area contributed by atoms with Crippen molar-refractivity contribution in [1.82, 2.24) is 4.90 Å². The highest BCUT2D eigenvalue weighted by Crippen LogP contribution is 2.27. The molecule has 2 aromatic carbocycles. The standard InChI is InChI=1S/C21H21N3O3/c1-13-11-15(24-9-3-4-10-24)6-8-18(13)22-19(25)14-5-7-16-17(12-14)21(27)23(2)20(16)26/h5-8,11-12H,3-4,9-10H2,1-2H3,(H,22,25). The van der Waals surface area contributed by atoms with Crippen molar-refractivity contribution in [3.05, 3.63) is 58.7 Å². The molecule has 2 aromatic rings. The zero-order valence-corrected chi connectivity index (χ0v) is 15.4. The normalized spacial score (nSPS) is 16.1. The predicted octanol–water partition coefficient (Wildman–Crippen LogP) is 3.07. The molecular weight excluding hydrogens is 342 g/mol. The molecule has 0 bridgehead atoms. The van der Waals surface area contributed by atoms with Crippen LogP contribution in [0.15, 0.2) is 36.4 Å². The molecule has 2 aliphatic rings. The number of imide groups is 1. The minimum Gasteiger partial charge on any atom is -0.372 e. The monoisotopic (exact) mass is 363 g/mol. The van der Waals surface area contributed by atoms with Gasteiger partial charge in [0.15, 0.2) is 0 Å². The number of carbonyl (C=O) groups is 3. The van der Waals surface area contributed by atoms with E-state index in [1.165, 1.54) is 37.7 Å². The Labute approximate surface area is 157 Å². The van der Waals surface area contributed by atoms with E-state index >= 15 is 0 Å². The topological polar surface area (TPSA) is 69.7 Å². The number of nitrogens with one attached hydrogen (secondary N) is 1. The van der Waals surface area contributed by atoms with Crippen LogP contribution < -0.4 is 10.2 Å². The third-order valence-corrected chi connectivity index (χ3v) is 5.28. The third-order valence-electron chi connectivity index (χ3n) is 5.28. The summed E-state index contributed by atoms with van der Waals surface area (Å²) in [6, 6.07) is 10.6. The van der Waals surface area contributed by atoms with Gasteiger partial charge in [-0.3, -0.25) is 19.3 Å². The molecule has 1 saturated heterocycles. The van der Waals surface area contributed by atoms with Crippen molar-refractivity contribution in [2.75, 3.05) is 30.4 Å². The summed E-state index contributed by atoms with van der Waals surface area (Å²) >= 11 is 0. The number of carbonyl (C=O) groups excluding carboxylic acids is 3. The van der Waals surface area contributed by atoms with Crippen molar-refractivity contribution in [3.8, 4) is 0 Å². The molecule has 2 aliphatic heterocycles. The van der Waals surface area contributed by atoms with Crippen LogP contribution in [0.5, 0.6) is 0 Å². The number of aryl methyl sites for hydroxylation is 1. The number of anilines is 2. The van der Waals surface area contributed by atoms with Gasteiger partial charge in [-0.1, -0.05) is 0 Å². The van der Waals surface area contributed by atoms with Gasteiger partial charge >= 0.3 is 0 Å². The van der Waals surface area contributed by atoms with E-state index < -0.39 is 0 Å². The molecule has 1 N–H and O–H groups in total. The van der Waals surface area contributed by atoms with Crippen LogP contribution in [0.3, 0.4) is 0 Å². The zero-order chi connectivity index (χ0) is 19.1. The molecule has 0 atom stereocenters. The number of rotatable bonds is 3. The van der Waals surface area contributed by atoms with Crippen molar-refractivity contribution >= 4 is 29.1 Å². The number of hydrogen-bond donors (Lipinski definition) is 1. The summed E-state index contributed by atoms with van der Waals surface area (Å²) in [6.45, 7) is 4.11. The van der Waals surface area contributed by atoms with Gasteiger partial charge in [0.2, 0.25) is 0 Å². The Hall–Kier alpha value is -3.15. The van der Waals surface area contributed by atoms with E-state index in [1.54, 1.807) is 6.07 Å². The molecule has 6 nitrogen and oxygen atoms in total. The van der Waals surface area contributed by atoms with E-state index in [1.807, 2.05) is 19.1 Å². The number of hydrogen-bond acceptors (Lipinski definition) is 4. The molecule has 138 valence electrons. The van der Waals surface area contributed by atoms with Gasteiger partial charge in [-0.15, -0.1) is 0 Å². The van der Waals surface area contributed by atoms with Gasteiger partial charge in [0.1, 0.15) is 0 Å². The average Bonchev–Trinajstić information content (AvgIpc) is 3.28. The predicted molar refractivity (Wildman–Crippen MR) is 103 cm³/mol. The number of benzene rings is 2. The van der Waals surface area contributed by atoms with Gasteiger partial charge in [0, 0.05) is 37.1 Å². The van der Waals surface area contributed by atoms with E-state index in [4.69, 9.17) is 0 Å². The lowest BCUT2D eigenvalue weighted by Crippen LogP contribution is -2.24. The van der Waals surface area contributed by atoms with Crippen LogP contribution in [0.1, 0.15) is 49.5 Å². The van der Waals surface area contributed by atoms with Crippen molar-refractivity contribution in [3.63, 3.8) is 0 Å². The van der Waals surface area contributed by atoms with Gasteiger partial charge in [0.05, 0.1) is 11.1 Å². The smallest absolute Gasteiger partial charge is 0.261 e. The summed E-state index contributed by atoms with van der Waals surface area (Å²) in [5.41, 5.74) is 3.87. The molecule has 0 aliphatic carbocycles. The Balaban J connectivity index is 1.55. The molecule has 0 saturated carbocycles. The molecule has 0 spiro atoms. The van der Waals surface area contributed by atoms with Gasteiger partial charge in [-0.25, -0.2) is 0 Å². The van der Waals surface area contributed by atoms with E-state index in [-0.39, 0.29) is 23.3 Å². The van der Waals surface area contributed by atoms with Crippen LogP contribution in [-0.2, 0) is 0 Å². The quantitative estimate of drug-likeness (QED) is 0.851. The Morgan fingerprint density at radius 3 is 2.37 bits per heavy atom. The molecule has 0 aromatic heterocycles. The molecule has 0 radical (unpaired) electrons. The third kappa shape index (κ3) is 2.97. The summed E-state index contributed by atoms with van der Waals surface area (Å²) in [5, 5.41) is 2.91. The van der Waals surface area contributed by atoms with Crippen molar-refractivity contribution in [2.45, 2.75) is 19.8 Å². The fraction of sp³-hybridized carbons (Fsp3) is 0.286. The molecule has 0 unspecified atom stereocenters. The van der Waals surface area contributed by atoms with Crippen LogP contribution in [0, 0.1) is 6.92 Å². The highest BCUT2D eigenvalue weighted by molar-refractivity contribution is 6.22. The molecule has 4 rings (SSSR count). The SMILES string of the molecule is Cc1cc(N2CCCC2)ccc1NC(=O)c1ccc2c(c1)C(=O)N(C)C2=O. The Bertz CT molecular complexity index is 961. The number of amides is 3. The van der Waals surface area contributed by atoms with Crippen molar-refractivity contribution in [2.24, 2.45) is 0 Å². The molecule has 6 heteroatoms. The second-order valence-electron chi connectivity index (χ2n) is 7.08. The van der Waals surface area contributed by atoms with Gasteiger partial charge in [0.25, 0.3) is 17.7 Å². The minimum absolute atomic E-state index is 0.274. The fourth-order valence-corrected chi connectivity index (χ4v) is 3.66. The second kappa shape index (κ2) is 6.54. The van der Waals surface area contributed by atoms with Crippen LogP contribution >= 0.6 is 0 Å². The summed E-state index contributed by atoms with van der Waals surface area (Å²) < 4.78 is 0. The van der Waals surface area contributed by atoms with Crippen LogP contribution in [-0.4, -0.2) is 42.8 Å². The summed E-state index contributed by atoms with van der Waals surface area (Å²) in [6.07, 6.45) is 2.43. The highest BCUT2D eigenvalue weighted by atomic mass is 16.2. The lowest BCUT2D eigenvalue weighted by molar-refractivity contribution is 0.0693. The van der Waals surface area contributed by atoms with E-state index in [0.29, 0.717) is 11.1 Å². The van der Waals surface area contributed by atoms with E-state index in [2.05, 4.69) is 16.3 Å². The first kappa shape index (κ1) is 17.3. The lowest BCUT2D eigenvalue weighted by atomic mass is 10.0. The molecule has 1 fully saturated rings. The maximum Gasteiger partial charge on any atom is 0.261 e. The van der Waals surface area contributed by atoms with Crippen LogP contribution in [0.25, 0.3) is 0 Å². The van der Waals surface area contributed by atoms with E-state index in [0.717, 1.165) is 29.2 Å². The summed E-state index contributed by atoms with van der Waals surface area (Å²) in [7, 11) is 1.44. The number of nitrogens with zero attached hydrogens (tertiary/aromatic N) is 2. The van der Waals surface area contributed by atoms with E-state index in [9.17, 15) is 14.4 Å². The average molecular weight is 363 g/mol. The maximum absolute atomic E-state index is 12.6. The highest BCUT2D eigenvalue weighted by Gasteiger charge is 2.33. The van der Waals surface area contributed by atoms with Crippen molar-refractivity contribution in [1.29, 1.82) is 0 Å². The first-order valence-electron chi connectivity index (χ1n) is 9.09. The first-order chi connectivity index (χ1) is 13.0. The molecule has 27 heavy (non-hydrogen) atoms. The van der Waals surface area contributed by atoms with Crippen molar-refractivity contribution < 1.29 is 14.4 Å². The maximum atomic E-state index is 12.6. The Kier molecular flexibility index (Phi) is 4.18. The first-order valence-corrected chi connectivity index (χ1v) is 9.09. The summed E-state index contributed by atoms with van der Waals surface area (Å²) in [4.78, 5) is 40.1. The van der Waals surface area contributed by atoms with Gasteiger partial charge in [-0.2, -0.15) is 0 Å². The Morgan fingerprint density at radius 1 is 0.963 bits per heavy atom. The summed E-state index contributed by atoms with van der Waals surface area (Å²) in [5.74, 6) is -1.02. The van der Waals surface area contributed by atoms with Gasteiger partial charge in [-0.05, 0) is 61.7 Å². The van der Waals surface area contributed by atoms with Crippen LogP contribution in [0.4, 0.5) is 11.4 Å². The molecular formula is C21H21N3O3. The second-order valence-corrected chi connectivity index (χ2v) is 7.08. The fourth-order valence-electron chi connectivity index (χ4n) is 3.66. The largest absolute Gasteiger partial charge is 0.372 e. The van der Waals surface area contributed by atoms with Crippen LogP contribution in [0.2, 0.25) is 0 Å². The molecule has 2 heterocycles. The Morgan fingerprint density at radius 2 is 1.67 bits per heavy atom.